The number of hydrogen-bond acceptors (Lipinski definition) is 7. The predicted molar refractivity (Wildman–Crippen MR) is 81.2 cm³/mol. The van der Waals surface area contributed by atoms with Gasteiger partial charge in [-0.15, -0.1) is 0 Å². The van der Waals surface area contributed by atoms with Crippen molar-refractivity contribution < 1.29 is 9.53 Å². The molecule has 0 radical (unpaired) electrons. The number of nitrogens with one attached hydrogen (secondary N) is 2. The fourth-order valence-corrected chi connectivity index (χ4v) is 1.64. The third kappa shape index (κ3) is 5.41. The number of carbonyl (C=O) groups excluding carboxylic acids is 1. The Morgan fingerprint density at radius 1 is 1.24 bits per heavy atom. The van der Waals surface area contributed by atoms with Gasteiger partial charge in [-0.3, -0.25) is 4.79 Å². The molecule has 0 spiro atoms. The smallest absolute Gasteiger partial charge is 0.323 e. The van der Waals surface area contributed by atoms with Gasteiger partial charge in [0.2, 0.25) is 17.8 Å². The first kappa shape index (κ1) is 16.9. The average molecular weight is 296 g/mol. The third-order valence-corrected chi connectivity index (χ3v) is 2.68. The van der Waals surface area contributed by atoms with Crippen LogP contribution < -0.4 is 21.1 Å². The van der Waals surface area contributed by atoms with Gasteiger partial charge in [-0.05, 0) is 19.3 Å². The summed E-state index contributed by atoms with van der Waals surface area (Å²) in [4.78, 5) is 24.0. The van der Waals surface area contributed by atoms with Gasteiger partial charge in [0.05, 0.1) is 6.61 Å². The van der Waals surface area contributed by atoms with E-state index in [9.17, 15) is 4.79 Å². The second-order valence-electron chi connectivity index (χ2n) is 4.89. The highest BCUT2D eigenvalue weighted by Gasteiger charge is 2.21. The Bertz CT molecular complexity index is 466. The minimum atomic E-state index is -0.555. The Morgan fingerprint density at radius 3 is 2.43 bits per heavy atom. The Morgan fingerprint density at radius 2 is 1.90 bits per heavy atom. The van der Waals surface area contributed by atoms with Crippen molar-refractivity contribution >= 4 is 17.8 Å². The lowest BCUT2D eigenvalue weighted by atomic mass is 10.0. The molecule has 0 aliphatic heterocycles. The van der Waals surface area contributed by atoms with E-state index in [1.807, 2.05) is 27.7 Å². The van der Waals surface area contributed by atoms with Crippen molar-refractivity contribution in [2.75, 3.05) is 23.8 Å². The zero-order valence-electron chi connectivity index (χ0n) is 13.0. The highest BCUT2D eigenvalue weighted by Crippen LogP contribution is 2.14. The van der Waals surface area contributed by atoms with Crippen molar-refractivity contribution in [1.29, 1.82) is 0 Å². The van der Waals surface area contributed by atoms with Crippen LogP contribution in [0, 0.1) is 5.92 Å². The molecule has 21 heavy (non-hydrogen) atoms. The zero-order valence-corrected chi connectivity index (χ0v) is 13.0. The molecule has 0 aromatic carbocycles. The van der Waals surface area contributed by atoms with E-state index in [-0.39, 0.29) is 17.9 Å². The van der Waals surface area contributed by atoms with Gasteiger partial charge in [-0.25, -0.2) is 0 Å². The Balaban J connectivity index is 2.97. The van der Waals surface area contributed by atoms with Gasteiger partial charge in [-0.2, -0.15) is 15.0 Å². The minimum absolute atomic E-state index is 0.0156. The lowest BCUT2D eigenvalue weighted by molar-refractivity contribution is -0.119. The van der Waals surface area contributed by atoms with Crippen molar-refractivity contribution in [3.8, 4) is 6.01 Å². The molecule has 1 unspecified atom stereocenters. The molecule has 1 amide bonds. The number of hydrogen-bond donors (Lipinski definition) is 3. The largest absolute Gasteiger partial charge is 0.464 e. The average Bonchev–Trinajstić information content (AvgIpc) is 2.42. The number of amides is 1. The van der Waals surface area contributed by atoms with Gasteiger partial charge in [0.1, 0.15) is 6.04 Å². The fraction of sp³-hybridized carbons (Fsp3) is 0.692. The lowest BCUT2D eigenvalue weighted by Gasteiger charge is -2.19. The van der Waals surface area contributed by atoms with Gasteiger partial charge in [-0.1, -0.05) is 20.8 Å². The highest BCUT2D eigenvalue weighted by molar-refractivity contribution is 5.82. The molecule has 0 saturated carbocycles. The molecule has 4 N–H and O–H groups in total. The van der Waals surface area contributed by atoms with Gasteiger partial charge >= 0.3 is 6.01 Å². The van der Waals surface area contributed by atoms with Crippen molar-refractivity contribution in [1.82, 2.24) is 15.0 Å². The molecule has 0 aliphatic rings. The van der Waals surface area contributed by atoms with Crippen LogP contribution >= 0.6 is 0 Å². The van der Waals surface area contributed by atoms with Gasteiger partial charge in [0.15, 0.2) is 0 Å². The number of carbonyl (C=O) groups is 1. The summed E-state index contributed by atoms with van der Waals surface area (Å²) in [6.45, 7) is 8.85. The summed E-state index contributed by atoms with van der Waals surface area (Å²) >= 11 is 0. The maximum atomic E-state index is 11.5. The number of rotatable bonds is 9. The van der Waals surface area contributed by atoms with Crippen LogP contribution in [0.15, 0.2) is 0 Å². The van der Waals surface area contributed by atoms with Crippen LogP contribution in [-0.4, -0.2) is 40.1 Å². The molecule has 118 valence electrons. The molecule has 0 fully saturated rings. The molecular weight excluding hydrogens is 272 g/mol. The number of nitrogens with zero attached hydrogens (tertiary/aromatic N) is 3. The number of primary amides is 1. The molecule has 8 nitrogen and oxygen atoms in total. The molecule has 8 heteroatoms. The maximum absolute atomic E-state index is 11.5. The molecule has 1 atom stereocenters. The lowest BCUT2D eigenvalue weighted by Crippen LogP contribution is -2.40. The maximum Gasteiger partial charge on any atom is 0.323 e. The van der Waals surface area contributed by atoms with Gasteiger partial charge in [0, 0.05) is 6.54 Å². The summed E-state index contributed by atoms with van der Waals surface area (Å²) in [7, 11) is 0. The first-order chi connectivity index (χ1) is 9.97. The Hall–Kier alpha value is -2.12. The summed E-state index contributed by atoms with van der Waals surface area (Å²) in [5, 5.41) is 6.00. The molecule has 1 heterocycles. The van der Waals surface area contributed by atoms with Crippen molar-refractivity contribution in [3.05, 3.63) is 0 Å². The standard InChI is InChI=1S/C13H24N6O2/c1-5-7-15-11-17-12(19-13(18-11)21-6-2)16-9(8(3)4)10(14)20/h8-9H,5-7H2,1-4H3,(H2,14,20)(H2,15,16,17,18,19). The van der Waals surface area contributed by atoms with E-state index in [0.717, 1.165) is 13.0 Å². The summed E-state index contributed by atoms with van der Waals surface area (Å²) in [6.07, 6.45) is 0.939. The van der Waals surface area contributed by atoms with Crippen molar-refractivity contribution in [3.63, 3.8) is 0 Å². The van der Waals surface area contributed by atoms with Crippen LogP contribution in [-0.2, 0) is 4.79 Å². The van der Waals surface area contributed by atoms with Crippen LogP contribution in [0.2, 0.25) is 0 Å². The number of anilines is 2. The first-order valence-electron chi connectivity index (χ1n) is 7.16. The quantitative estimate of drug-likeness (QED) is 0.623. The van der Waals surface area contributed by atoms with Crippen molar-refractivity contribution in [2.24, 2.45) is 11.7 Å². The summed E-state index contributed by atoms with van der Waals surface area (Å²) in [5.74, 6) is 0.239. The SMILES string of the molecule is CCCNc1nc(NC(C(N)=O)C(C)C)nc(OCC)n1. The molecule has 1 rings (SSSR count). The molecule has 1 aromatic rings. The fourth-order valence-electron chi connectivity index (χ4n) is 1.64. The Kier molecular flexibility index (Phi) is 6.64. The van der Waals surface area contributed by atoms with Gasteiger partial charge < -0.3 is 21.1 Å². The van der Waals surface area contributed by atoms with Gasteiger partial charge in [0.25, 0.3) is 0 Å². The van der Waals surface area contributed by atoms with E-state index >= 15 is 0 Å². The normalized spacial score (nSPS) is 12.0. The van der Waals surface area contributed by atoms with E-state index in [1.165, 1.54) is 0 Å². The number of nitrogens with two attached hydrogens (primary N) is 1. The highest BCUT2D eigenvalue weighted by atomic mass is 16.5. The van der Waals surface area contributed by atoms with Crippen LogP contribution in [0.1, 0.15) is 34.1 Å². The van der Waals surface area contributed by atoms with Crippen LogP contribution in [0.4, 0.5) is 11.9 Å². The monoisotopic (exact) mass is 296 g/mol. The second-order valence-corrected chi connectivity index (χ2v) is 4.89. The Labute approximate surface area is 124 Å². The minimum Gasteiger partial charge on any atom is -0.464 e. The topological polar surface area (TPSA) is 115 Å². The van der Waals surface area contributed by atoms with Crippen LogP contribution in [0.3, 0.4) is 0 Å². The first-order valence-corrected chi connectivity index (χ1v) is 7.16. The molecule has 0 saturated heterocycles. The number of ether oxygens (including phenoxy) is 1. The summed E-state index contributed by atoms with van der Waals surface area (Å²) in [6, 6.07) is -0.346. The van der Waals surface area contributed by atoms with Crippen molar-refractivity contribution in [2.45, 2.75) is 40.2 Å². The molecule has 0 aliphatic carbocycles. The van der Waals surface area contributed by atoms with E-state index in [4.69, 9.17) is 10.5 Å². The number of aromatic nitrogens is 3. The van der Waals surface area contributed by atoms with Crippen LogP contribution in [0.25, 0.3) is 0 Å². The summed E-state index contributed by atoms with van der Waals surface area (Å²) in [5.41, 5.74) is 5.38. The van der Waals surface area contributed by atoms with E-state index in [2.05, 4.69) is 25.6 Å². The van der Waals surface area contributed by atoms with Crippen LogP contribution in [0.5, 0.6) is 6.01 Å². The third-order valence-electron chi connectivity index (χ3n) is 2.68. The van der Waals surface area contributed by atoms with E-state index in [1.54, 1.807) is 0 Å². The van der Waals surface area contributed by atoms with E-state index in [0.29, 0.717) is 12.6 Å². The molecular formula is C13H24N6O2. The second kappa shape index (κ2) is 8.23. The summed E-state index contributed by atoms with van der Waals surface area (Å²) < 4.78 is 5.31. The molecule has 0 bridgehead atoms. The molecule has 1 aromatic heterocycles. The predicted octanol–water partition coefficient (Wildman–Crippen LogP) is 1.01. The van der Waals surface area contributed by atoms with E-state index < -0.39 is 11.9 Å². The zero-order chi connectivity index (χ0) is 15.8.